The van der Waals surface area contributed by atoms with Crippen LogP contribution in [0.3, 0.4) is 0 Å². The van der Waals surface area contributed by atoms with Crippen LogP contribution in [0.25, 0.3) is 0 Å². The van der Waals surface area contributed by atoms with Gasteiger partial charge in [0.15, 0.2) is 5.69 Å². The van der Waals surface area contributed by atoms with Crippen molar-refractivity contribution >= 4 is 12.1 Å². The zero-order valence-electron chi connectivity index (χ0n) is 12.7. The van der Waals surface area contributed by atoms with Crippen molar-refractivity contribution in [2.24, 2.45) is 5.10 Å². The Hall–Kier alpha value is -2.89. The summed E-state index contributed by atoms with van der Waals surface area (Å²) >= 11 is 0. The van der Waals surface area contributed by atoms with Crippen LogP contribution in [0.2, 0.25) is 0 Å². The molecule has 3 rings (SSSR count). The first-order valence-corrected chi connectivity index (χ1v) is 7.52. The number of amides is 1. The molecule has 0 spiro atoms. The zero-order chi connectivity index (χ0) is 16.2. The van der Waals surface area contributed by atoms with E-state index in [1.165, 1.54) is 6.21 Å². The Kier molecular flexibility index (Phi) is 4.23. The number of para-hydroxylation sites is 1. The monoisotopic (exact) mass is 310 g/mol. The van der Waals surface area contributed by atoms with Gasteiger partial charge in [0.2, 0.25) is 0 Å². The number of phenols is 1. The van der Waals surface area contributed by atoms with Gasteiger partial charge in [-0.1, -0.05) is 18.2 Å². The van der Waals surface area contributed by atoms with E-state index < -0.39 is 0 Å². The van der Waals surface area contributed by atoms with Crippen LogP contribution in [0, 0.1) is 0 Å². The topological polar surface area (TPSA) is 90.4 Å². The van der Waals surface area contributed by atoms with Crippen LogP contribution in [-0.2, 0) is 19.3 Å². The van der Waals surface area contributed by atoms with Crippen molar-refractivity contribution in [2.75, 3.05) is 0 Å². The van der Waals surface area contributed by atoms with E-state index in [9.17, 15) is 9.90 Å². The van der Waals surface area contributed by atoms with Crippen molar-refractivity contribution in [3.63, 3.8) is 0 Å². The third kappa shape index (κ3) is 3.01. The highest BCUT2D eigenvalue weighted by Crippen LogP contribution is 2.23. The van der Waals surface area contributed by atoms with E-state index in [4.69, 9.17) is 0 Å². The quantitative estimate of drug-likeness (QED) is 0.449. The fourth-order valence-corrected chi connectivity index (χ4v) is 2.76. The summed E-state index contributed by atoms with van der Waals surface area (Å²) in [6.45, 7) is 3.66. The average Bonchev–Trinajstić information content (AvgIpc) is 3.14. The van der Waals surface area contributed by atoms with E-state index in [1.807, 2.05) is 12.1 Å². The Morgan fingerprint density at radius 2 is 2.35 bits per heavy atom. The number of nitrogens with one attached hydrogen (secondary N) is 2. The maximum atomic E-state index is 12.1. The van der Waals surface area contributed by atoms with Gasteiger partial charge in [0.25, 0.3) is 5.91 Å². The number of carbonyl (C=O) groups is 1. The van der Waals surface area contributed by atoms with Crippen molar-refractivity contribution < 1.29 is 9.90 Å². The SMILES string of the molecule is C=CCc1cccc(/C=N\NC(=O)c2n[nH]c3c2CCC3)c1O. The van der Waals surface area contributed by atoms with Crippen molar-refractivity contribution in [2.45, 2.75) is 25.7 Å². The van der Waals surface area contributed by atoms with Crippen LogP contribution in [-0.4, -0.2) is 27.4 Å². The molecule has 1 aliphatic carbocycles. The molecule has 1 aliphatic rings. The fourth-order valence-electron chi connectivity index (χ4n) is 2.76. The first-order valence-electron chi connectivity index (χ1n) is 7.52. The zero-order valence-corrected chi connectivity index (χ0v) is 12.7. The van der Waals surface area contributed by atoms with Gasteiger partial charge in [0, 0.05) is 16.8 Å². The number of hydrogen-bond acceptors (Lipinski definition) is 4. The minimum absolute atomic E-state index is 0.145. The van der Waals surface area contributed by atoms with E-state index in [-0.39, 0.29) is 11.7 Å². The van der Waals surface area contributed by atoms with Crippen LogP contribution >= 0.6 is 0 Å². The molecule has 0 radical (unpaired) electrons. The molecule has 1 aromatic carbocycles. The van der Waals surface area contributed by atoms with E-state index in [0.29, 0.717) is 17.7 Å². The van der Waals surface area contributed by atoms with Gasteiger partial charge in [-0.3, -0.25) is 9.89 Å². The van der Waals surface area contributed by atoms with Gasteiger partial charge in [-0.05, 0) is 37.3 Å². The largest absolute Gasteiger partial charge is 0.507 e. The molecule has 118 valence electrons. The van der Waals surface area contributed by atoms with E-state index in [2.05, 4.69) is 27.3 Å². The van der Waals surface area contributed by atoms with Gasteiger partial charge in [-0.15, -0.1) is 6.58 Å². The van der Waals surface area contributed by atoms with Crippen LogP contribution in [0.4, 0.5) is 0 Å². The minimum Gasteiger partial charge on any atom is -0.507 e. The molecule has 2 aromatic rings. The second-order valence-electron chi connectivity index (χ2n) is 5.43. The molecule has 0 atom stereocenters. The molecule has 1 heterocycles. The van der Waals surface area contributed by atoms with Crippen LogP contribution in [0.15, 0.2) is 36.0 Å². The van der Waals surface area contributed by atoms with Gasteiger partial charge in [-0.25, -0.2) is 5.43 Å². The molecule has 0 unspecified atom stereocenters. The molecule has 23 heavy (non-hydrogen) atoms. The van der Waals surface area contributed by atoms with Crippen LogP contribution in [0.5, 0.6) is 5.75 Å². The first kappa shape index (κ1) is 15.0. The summed E-state index contributed by atoms with van der Waals surface area (Å²) in [7, 11) is 0. The van der Waals surface area contributed by atoms with Gasteiger partial charge in [0.1, 0.15) is 5.75 Å². The molecular weight excluding hydrogens is 292 g/mol. The second kappa shape index (κ2) is 6.48. The summed E-state index contributed by atoms with van der Waals surface area (Å²) in [6.07, 6.45) is 6.55. The lowest BCUT2D eigenvalue weighted by atomic mass is 10.1. The maximum Gasteiger partial charge on any atom is 0.292 e. The van der Waals surface area contributed by atoms with E-state index >= 15 is 0 Å². The number of aromatic hydroxyl groups is 1. The van der Waals surface area contributed by atoms with Gasteiger partial charge in [-0.2, -0.15) is 10.2 Å². The first-order chi connectivity index (χ1) is 11.2. The number of hydrogen-bond donors (Lipinski definition) is 3. The number of aryl methyl sites for hydroxylation is 1. The summed E-state index contributed by atoms with van der Waals surface area (Å²) in [5.74, 6) is -0.201. The number of benzene rings is 1. The van der Waals surface area contributed by atoms with Gasteiger partial charge in [0.05, 0.1) is 6.21 Å². The summed E-state index contributed by atoms with van der Waals surface area (Å²) in [5, 5.41) is 21.0. The molecule has 1 amide bonds. The molecule has 6 nitrogen and oxygen atoms in total. The molecule has 0 saturated carbocycles. The number of nitrogens with zero attached hydrogens (tertiary/aromatic N) is 2. The van der Waals surface area contributed by atoms with Gasteiger partial charge >= 0.3 is 0 Å². The van der Waals surface area contributed by atoms with E-state index in [1.54, 1.807) is 12.1 Å². The third-order valence-electron chi connectivity index (χ3n) is 3.91. The van der Waals surface area contributed by atoms with Crippen LogP contribution in [0.1, 0.15) is 39.3 Å². The highest BCUT2D eigenvalue weighted by atomic mass is 16.3. The smallest absolute Gasteiger partial charge is 0.292 e. The minimum atomic E-state index is -0.345. The lowest BCUT2D eigenvalue weighted by Crippen LogP contribution is -2.19. The summed E-state index contributed by atoms with van der Waals surface area (Å²) in [6, 6.07) is 5.37. The highest BCUT2D eigenvalue weighted by molar-refractivity contribution is 5.95. The predicted octanol–water partition coefficient (Wildman–Crippen LogP) is 2.10. The summed E-state index contributed by atoms with van der Waals surface area (Å²) in [5.41, 5.74) is 6.18. The molecule has 1 aromatic heterocycles. The van der Waals surface area contributed by atoms with Crippen molar-refractivity contribution in [1.29, 1.82) is 0 Å². The molecular formula is C17H18N4O2. The number of aromatic amines is 1. The van der Waals surface area contributed by atoms with Crippen molar-refractivity contribution in [3.05, 3.63) is 58.9 Å². The molecule has 0 bridgehead atoms. The molecule has 0 fully saturated rings. The maximum absolute atomic E-state index is 12.1. The number of H-pyrrole nitrogens is 1. The number of phenolic OH excluding ortho intramolecular Hbond substituents is 1. The Bertz CT molecular complexity index is 777. The molecule has 0 aliphatic heterocycles. The predicted molar refractivity (Wildman–Crippen MR) is 87.7 cm³/mol. The number of aromatic nitrogens is 2. The standard InChI is InChI=1S/C17H18N4O2/c1-2-5-11-6-3-7-12(16(11)22)10-18-21-17(23)15-13-8-4-9-14(13)19-20-15/h2-3,6-7,10,22H,1,4-5,8-9H2,(H,19,20)(H,21,23)/b18-10-. The average molecular weight is 310 g/mol. The van der Waals surface area contributed by atoms with Crippen molar-refractivity contribution in [3.8, 4) is 5.75 Å². The lowest BCUT2D eigenvalue weighted by molar-refractivity contribution is 0.0949. The Labute approximate surface area is 133 Å². The van der Waals surface area contributed by atoms with Crippen LogP contribution < -0.4 is 5.43 Å². The third-order valence-corrected chi connectivity index (χ3v) is 3.91. The lowest BCUT2D eigenvalue weighted by Gasteiger charge is -2.04. The van der Waals surface area contributed by atoms with E-state index in [0.717, 1.165) is 36.1 Å². The Morgan fingerprint density at radius 1 is 1.48 bits per heavy atom. The second-order valence-corrected chi connectivity index (χ2v) is 5.43. The number of fused-ring (bicyclic) bond motifs is 1. The molecule has 3 N–H and O–H groups in total. The highest BCUT2D eigenvalue weighted by Gasteiger charge is 2.22. The number of allylic oxidation sites excluding steroid dienone is 1. The summed E-state index contributed by atoms with van der Waals surface area (Å²) < 4.78 is 0. The Balaban J connectivity index is 1.70. The van der Waals surface area contributed by atoms with Gasteiger partial charge < -0.3 is 5.11 Å². The normalized spacial score (nSPS) is 13.2. The summed E-state index contributed by atoms with van der Waals surface area (Å²) in [4.78, 5) is 12.1. The van der Waals surface area contributed by atoms with Crippen molar-refractivity contribution in [1.82, 2.24) is 15.6 Å². The number of rotatable bonds is 5. The number of carbonyl (C=O) groups excluding carboxylic acids is 1. The Morgan fingerprint density at radius 3 is 3.17 bits per heavy atom. The molecule has 6 heteroatoms. The molecule has 0 saturated heterocycles. The number of hydrazone groups is 1. The fraction of sp³-hybridized carbons (Fsp3) is 0.235.